The molecule has 5 heteroatoms. The van der Waals surface area contributed by atoms with Crippen molar-refractivity contribution < 1.29 is 0 Å². The van der Waals surface area contributed by atoms with Crippen molar-refractivity contribution in [3.8, 4) is 0 Å². The van der Waals surface area contributed by atoms with Crippen molar-refractivity contribution in [2.45, 2.75) is 51.6 Å². The standard InChI is InChI=1S/C23H38N4S/c1-23(2,25-22(24-3)28-17-16-26-13-7-8-14-26)21-12-9-15-27(19-21)18-20-10-5-4-6-11-20/h4-6,10-11,21H,7-9,12-19H2,1-3H3,(H,24,25). The van der Waals surface area contributed by atoms with Gasteiger partial charge in [0.05, 0.1) is 0 Å². The first kappa shape index (κ1) is 21.7. The minimum absolute atomic E-state index is 0.0604. The zero-order valence-electron chi connectivity index (χ0n) is 18.0. The molecule has 2 heterocycles. The molecule has 28 heavy (non-hydrogen) atoms. The summed E-state index contributed by atoms with van der Waals surface area (Å²) < 4.78 is 0. The van der Waals surface area contributed by atoms with Crippen molar-refractivity contribution >= 4 is 16.9 Å². The number of benzene rings is 1. The van der Waals surface area contributed by atoms with Crippen molar-refractivity contribution in [2.75, 3.05) is 45.5 Å². The first-order chi connectivity index (χ1) is 13.6. The van der Waals surface area contributed by atoms with E-state index in [1.807, 2.05) is 18.8 Å². The second-order valence-corrected chi connectivity index (χ2v) is 9.92. The third kappa shape index (κ3) is 6.50. The lowest BCUT2D eigenvalue weighted by atomic mass is 9.81. The maximum absolute atomic E-state index is 4.56. The van der Waals surface area contributed by atoms with Crippen molar-refractivity contribution in [1.82, 2.24) is 15.1 Å². The molecule has 3 rings (SSSR count). The molecule has 4 nitrogen and oxygen atoms in total. The van der Waals surface area contributed by atoms with Gasteiger partial charge < -0.3 is 10.2 Å². The molecule has 2 fully saturated rings. The molecular weight excluding hydrogens is 364 g/mol. The molecule has 1 aromatic rings. The number of likely N-dealkylation sites (tertiary alicyclic amines) is 2. The molecule has 0 bridgehead atoms. The van der Waals surface area contributed by atoms with E-state index in [4.69, 9.17) is 0 Å². The molecule has 0 spiro atoms. The van der Waals surface area contributed by atoms with Gasteiger partial charge >= 0.3 is 0 Å². The maximum atomic E-state index is 4.56. The van der Waals surface area contributed by atoms with Gasteiger partial charge in [0, 0.05) is 38.0 Å². The fourth-order valence-corrected chi connectivity index (χ4v) is 5.45. The number of aliphatic imine (C=N–C) groups is 1. The van der Waals surface area contributed by atoms with Crippen LogP contribution in [0.15, 0.2) is 35.3 Å². The number of hydrogen-bond acceptors (Lipinski definition) is 4. The predicted molar refractivity (Wildman–Crippen MR) is 123 cm³/mol. The first-order valence-corrected chi connectivity index (χ1v) is 11.9. The Bertz CT molecular complexity index is 610. The van der Waals surface area contributed by atoms with Crippen molar-refractivity contribution in [2.24, 2.45) is 10.9 Å². The summed E-state index contributed by atoms with van der Waals surface area (Å²) >= 11 is 1.89. The Morgan fingerprint density at radius 2 is 1.82 bits per heavy atom. The molecule has 0 aliphatic carbocycles. The number of hydrogen-bond donors (Lipinski definition) is 1. The number of nitrogens with zero attached hydrogens (tertiary/aromatic N) is 3. The van der Waals surface area contributed by atoms with E-state index in [9.17, 15) is 0 Å². The summed E-state index contributed by atoms with van der Waals surface area (Å²) in [5, 5.41) is 4.89. The van der Waals surface area contributed by atoms with E-state index in [1.54, 1.807) is 0 Å². The Hall–Kier alpha value is -1.04. The molecule has 2 aliphatic rings. The SMILES string of the molecule is CN=C(NC(C)(C)C1CCCN(Cc2ccccc2)C1)SCCN1CCCC1. The molecule has 1 atom stereocenters. The molecule has 1 unspecified atom stereocenters. The molecule has 156 valence electrons. The van der Waals surface area contributed by atoms with Gasteiger partial charge in [-0.25, -0.2) is 0 Å². The normalized spacial score (nSPS) is 22.5. The maximum Gasteiger partial charge on any atom is 0.156 e. The van der Waals surface area contributed by atoms with Gasteiger partial charge in [0.1, 0.15) is 0 Å². The summed E-state index contributed by atoms with van der Waals surface area (Å²) in [5.41, 5.74) is 1.48. The summed E-state index contributed by atoms with van der Waals surface area (Å²) in [4.78, 5) is 9.75. The van der Waals surface area contributed by atoms with E-state index in [2.05, 4.69) is 64.3 Å². The summed E-state index contributed by atoms with van der Waals surface area (Å²) in [6, 6.07) is 10.9. The average Bonchev–Trinajstić information content (AvgIpc) is 3.21. The highest BCUT2D eigenvalue weighted by Crippen LogP contribution is 2.28. The monoisotopic (exact) mass is 402 g/mol. The molecular formula is C23H38N4S. The van der Waals surface area contributed by atoms with E-state index >= 15 is 0 Å². The largest absolute Gasteiger partial charge is 0.360 e. The highest BCUT2D eigenvalue weighted by Gasteiger charge is 2.34. The summed E-state index contributed by atoms with van der Waals surface area (Å²) in [7, 11) is 1.92. The van der Waals surface area contributed by atoms with Crippen LogP contribution in [0, 0.1) is 5.92 Å². The van der Waals surface area contributed by atoms with E-state index < -0.39 is 0 Å². The van der Waals surface area contributed by atoms with Crippen LogP contribution in [0.4, 0.5) is 0 Å². The topological polar surface area (TPSA) is 30.9 Å². The van der Waals surface area contributed by atoms with Crippen LogP contribution in [-0.2, 0) is 6.54 Å². The Morgan fingerprint density at radius 1 is 1.11 bits per heavy atom. The fraction of sp³-hybridized carbons (Fsp3) is 0.696. The van der Waals surface area contributed by atoms with Gasteiger partial charge in [-0.3, -0.25) is 9.89 Å². The number of piperidine rings is 1. The van der Waals surface area contributed by atoms with Crippen molar-refractivity contribution in [3.05, 3.63) is 35.9 Å². The lowest BCUT2D eigenvalue weighted by Gasteiger charge is -2.42. The highest BCUT2D eigenvalue weighted by molar-refractivity contribution is 8.13. The lowest BCUT2D eigenvalue weighted by molar-refractivity contribution is 0.117. The van der Waals surface area contributed by atoms with Crippen molar-refractivity contribution in [3.63, 3.8) is 0 Å². The molecule has 2 aliphatic heterocycles. The molecule has 2 saturated heterocycles. The molecule has 1 aromatic carbocycles. The van der Waals surface area contributed by atoms with Gasteiger partial charge in [0.25, 0.3) is 0 Å². The Kier molecular flexibility index (Phi) is 8.24. The van der Waals surface area contributed by atoms with Crippen LogP contribution in [-0.4, -0.2) is 66.0 Å². The first-order valence-electron chi connectivity index (χ1n) is 10.9. The molecule has 0 saturated carbocycles. The zero-order chi connectivity index (χ0) is 19.8. The van der Waals surface area contributed by atoms with E-state index in [1.165, 1.54) is 57.4 Å². The van der Waals surface area contributed by atoms with E-state index in [0.29, 0.717) is 5.92 Å². The second kappa shape index (κ2) is 10.7. The Labute approximate surface area is 176 Å². The third-order valence-electron chi connectivity index (χ3n) is 6.25. The van der Waals surface area contributed by atoms with Crippen LogP contribution < -0.4 is 5.32 Å². The summed E-state index contributed by atoms with van der Waals surface area (Å²) in [5.74, 6) is 1.77. The number of rotatable bonds is 7. The Morgan fingerprint density at radius 3 is 2.54 bits per heavy atom. The third-order valence-corrected chi connectivity index (χ3v) is 7.20. The molecule has 0 aromatic heterocycles. The molecule has 0 amide bonds. The minimum atomic E-state index is 0.0604. The van der Waals surface area contributed by atoms with Crippen LogP contribution >= 0.6 is 11.8 Å². The van der Waals surface area contributed by atoms with Crippen LogP contribution in [0.1, 0.15) is 45.1 Å². The van der Waals surface area contributed by atoms with Gasteiger partial charge in [-0.2, -0.15) is 0 Å². The van der Waals surface area contributed by atoms with Gasteiger partial charge in [-0.15, -0.1) is 0 Å². The number of nitrogens with one attached hydrogen (secondary N) is 1. The predicted octanol–water partition coefficient (Wildman–Crippen LogP) is 4.08. The number of thioether (sulfide) groups is 1. The zero-order valence-corrected chi connectivity index (χ0v) is 18.8. The van der Waals surface area contributed by atoms with Gasteiger partial charge in [0.2, 0.25) is 0 Å². The lowest BCUT2D eigenvalue weighted by Crippen LogP contribution is -2.53. The summed E-state index contributed by atoms with van der Waals surface area (Å²) in [6.07, 6.45) is 5.31. The average molecular weight is 403 g/mol. The van der Waals surface area contributed by atoms with Crippen LogP contribution in [0.2, 0.25) is 0 Å². The molecule has 1 N–H and O–H groups in total. The van der Waals surface area contributed by atoms with Crippen LogP contribution in [0.5, 0.6) is 0 Å². The Balaban J connectivity index is 1.48. The van der Waals surface area contributed by atoms with Crippen molar-refractivity contribution in [1.29, 1.82) is 0 Å². The van der Waals surface area contributed by atoms with Gasteiger partial charge in [-0.05, 0) is 70.6 Å². The number of amidine groups is 1. The summed E-state index contributed by atoms with van der Waals surface area (Å²) in [6.45, 7) is 11.9. The van der Waals surface area contributed by atoms with Gasteiger partial charge in [-0.1, -0.05) is 42.1 Å². The van der Waals surface area contributed by atoms with Crippen LogP contribution in [0.3, 0.4) is 0 Å². The smallest absolute Gasteiger partial charge is 0.156 e. The van der Waals surface area contributed by atoms with Crippen LogP contribution in [0.25, 0.3) is 0 Å². The van der Waals surface area contributed by atoms with E-state index in [0.717, 1.165) is 24.0 Å². The second-order valence-electron chi connectivity index (χ2n) is 8.83. The highest BCUT2D eigenvalue weighted by atomic mass is 32.2. The van der Waals surface area contributed by atoms with E-state index in [-0.39, 0.29) is 5.54 Å². The van der Waals surface area contributed by atoms with Gasteiger partial charge in [0.15, 0.2) is 5.17 Å². The quantitative estimate of drug-likeness (QED) is 0.550. The minimum Gasteiger partial charge on any atom is -0.360 e. The molecule has 0 radical (unpaired) electrons. The fourth-order valence-electron chi connectivity index (χ4n) is 4.44.